The molecule has 0 aliphatic carbocycles. The van der Waals surface area contributed by atoms with Crippen LogP contribution in [0.5, 0.6) is 0 Å². The first kappa shape index (κ1) is 25.6. The third-order valence-electron chi connectivity index (χ3n) is 5.77. The topological polar surface area (TPSA) is 108 Å². The summed E-state index contributed by atoms with van der Waals surface area (Å²) >= 11 is 0. The van der Waals surface area contributed by atoms with Crippen LogP contribution >= 0.6 is 0 Å². The molecule has 3 rings (SSSR count). The Labute approximate surface area is 202 Å². The van der Waals surface area contributed by atoms with Crippen molar-refractivity contribution in [2.45, 2.75) is 38.8 Å². The van der Waals surface area contributed by atoms with Gasteiger partial charge in [0.2, 0.25) is 0 Å². The van der Waals surface area contributed by atoms with Crippen LogP contribution in [-0.2, 0) is 19.1 Å². The predicted molar refractivity (Wildman–Crippen MR) is 127 cm³/mol. The molecule has 0 spiro atoms. The van der Waals surface area contributed by atoms with Gasteiger partial charge >= 0.3 is 11.9 Å². The van der Waals surface area contributed by atoms with E-state index in [1.54, 1.807) is 50.2 Å². The molecule has 8 nitrogen and oxygen atoms in total. The highest BCUT2D eigenvalue weighted by Gasteiger charge is 2.39. The number of alkyl halides is 1. The van der Waals surface area contributed by atoms with Gasteiger partial charge in [-0.05, 0) is 37.8 Å². The van der Waals surface area contributed by atoms with E-state index in [4.69, 9.17) is 9.47 Å². The number of halogens is 1. The second kappa shape index (κ2) is 11.4. The lowest BCUT2D eigenvalue weighted by molar-refractivity contribution is -0.384. The summed E-state index contributed by atoms with van der Waals surface area (Å²) in [7, 11) is 1.21. The average molecular weight is 483 g/mol. The van der Waals surface area contributed by atoms with Gasteiger partial charge in [0.25, 0.3) is 5.69 Å². The lowest BCUT2D eigenvalue weighted by Crippen LogP contribution is -2.33. The molecule has 2 aromatic rings. The Morgan fingerprint density at radius 2 is 1.83 bits per heavy atom. The number of nitrogens with one attached hydrogen (secondary N) is 1. The Balaban J connectivity index is 2.12. The van der Waals surface area contributed by atoms with Gasteiger partial charge in [-0.15, -0.1) is 0 Å². The molecule has 1 aliphatic heterocycles. The summed E-state index contributed by atoms with van der Waals surface area (Å²) in [6.07, 6.45) is -1.07. The summed E-state index contributed by atoms with van der Waals surface area (Å²) in [5.74, 6) is -2.39. The lowest BCUT2D eigenvalue weighted by Gasteiger charge is -2.31. The first-order valence-corrected chi connectivity index (χ1v) is 11.2. The zero-order valence-corrected chi connectivity index (χ0v) is 19.7. The maximum absolute atomic E-state index is 15.0. The van der Waals surface area contributed by atoms with Crippen molar-refractivity contribution in [2.75, 3.05) is 13.7 Å². The van der Waals surface area contributed by atoms with Crippen LogP contribution in [0.4, 0.5) is 10.1 Å². The van der Waals surface area contributed by atoms with E-state index in [0.717, 1.165) is 0 Å². The smallest absolute Gasteiger partial charge is 0.336 e. The first-order valence-electron chi connectivity index (χ1n) is 11.2. The van der Waals surface area contributed by atoms with E-state index in [-0.39, 0.29) is 36.3 Å². The van der Waals surface area contributed by atoms with Crippen molar-refractivity contribution < 1.29 is 28.4 Å². The van der Waals surface area contributed by atoms with E-state index in [1.165, 1.54) is 25.3 Å². The molecule has 0 radical (unpaired) electrons. The molecule has 1 N–H and O–H groups in total. The maximum atomic E-state index is 15.0. The Bertz CT molecular complexity index is 1180. The number of nitro benzene ring substituents is 1. The Morgan fingerprint density at radius 1 is 1.11 bits per heavy atom. The number of carbonyl (C=O) groups excluding carboxylic acids is 2. The van der Waals surface area contributed by atoms with Crippen LogP contribution in [0.25, 0.3) is 0 Å². The lowest BCUT2D eigenvalue weighted by atomic mass is 9.79. The predicted octanol–water partition coefficient (Wildman–Crippen LogP) is 5.04. The molecule has 1 heterocycles. The maximum Gasteiger partial charge on any atom is 0.336 e. The standard InChI is InChI=1S/C26H27FN2O6/c1-4-35-26(31)24-21(14-13-20(27)17-9-6-5-7-10-17)28-16(2)22(25(30)34-3)23(24)18-11-8-12-19(15-18)29(32)33/h5-12,15,20,23,28H,4,13-14H2,1-3H3. The van der Waals surface area contributed by atoms with E-state index >= 15 is 0 Å². The average Bonchev–Trinajstić information content (AvgIpc) is 2.86. The van der Waals surface area contributed by atoms with Gasteiger partial charge in [0, 0.05) is 23.5 Å². The zero-order valence-electron chi connectivity index (χ0n) is 19.7. The number of dihydropyridines is 1. The fourth-order valence-corrected chi connectivity index (χ4v) is 4.17. The number of nitrogens with zero attached hydrogens (tertiary/aromatic N) is 1. The number of carbonyl (C=O) groups is 2. The van der Waals surface area contributed by atoms with E-state index in [9.17, 15) is 24.1 Å². The SMILES string of the molecule is CCOC(=O)C1=C(CCC(F)c2ccccc2)NC(C)=C(C(=O)OC)C1c1cccc([N+](=O)[O-])c1. The molecule has 2 atom stereocenters. The molecule has 0 aromatic heterocycles. The van der Waals surface area contributed by atoms with Gasteiger partial charge in [0.15, 0.2) is 0 Å². The quantitative estimate of drug-likeness (QED) is 0.303. The molecular formula is C26H27FN2O6. The second-order valence-corrected chi connectivity index (χ2v) is 7.97. The van der Waals surface area contributed by atoms with Gasteiger partial charge < -0.3 is 14.8 Å². The van der Waals surface area contributed by atoms with Gasteiger partial charge in [-0.3, -0.25) is 10.1 Å². The van der Waals surface area contributed by atoms with Crippen molar-refractivity contribution in [2.24, 2.45) is 0 Å². The largest absolute Gasteiger partial charge is 0.466 e. The van der Waals surface area contributed by atoms with Gasteiger partial charge in [0.05, 0.1) is 35.7 Å². The fourth-order valence-electron chi connectivity index (χ4n) is 4.17. The minimum Gasteiger partial charge on any atom is -0.466 e. The van der Waals surface area contributed by atoms with E-state index < -0.39 is 29.0 Å². The molecule has 0 bridgehead atoms. The van der Waals surface area contributed by atoms with Crippen LogP contribution < -0.4 is 5.32 Å². The first-order chi connectivity index (χ1) is 16.8. The number of nitro groups is 1. The molecule has 0 saturated heterocycles. The molecule has 184 valence electrons. The monoisotopic (exact) mass is 482 g/mol. The molecule has 0 saturated carbocycles. The number of hydrogen-bond acceptors (Lipinski definition) is 7. The van der Waals surface area contributed by atoms with Crippen molar-refractivity contribution in [3.05, 3.63) is 98.4 Å². The number of esters is 2. The van der Waals surface area contributed by atoms with Crippen LogP contribution in [0.1, 0.15) is 49.9 Å². The zero-order chi connectivity index (χ0) is 25.5. The van der Waals surface area contributed by atoms with Gasteiger partial charge in [-0.2, -0.15) is 0 Å². The molecule has 2 aromatic carbocycles. The van der Waals surface area contributed by atoms with Gasteiger partial charge in [-0.1, -0.05) is 42.5 Å². The second-order valence-electron chi connectivity index (χ2n) is 7.97. The number of methoxy groups -OCH3 is 1. The van der Waals surface area contributed by atoms with Crippen LogP contribution in [0.2, 0.25) is 0 Å². The van der Waals surface area contributed by atoms with Crippen molar-refractivity contribution in [3.63, 3.8) is 0 Å². The summed E-state index contributed by atoms with van der Waals surface area (Å²) in [6, 6.07) is 14.4. The minimum absolute atomic E-state index is 0.0672. The van der Waals surface area contributed by atoms with Crippen molar-refractivity contribution in [1.82, 2.24) is 5.32 Å². The summed E-state index contributed by atoms with van der Waals surface area (Å²) in [5.41, 5.74) is 1.69. The summed E-state index contributed by atoms with van der Waals surface area (Å²) in [5, 5.41) is 14.5. The molecule has 0 fully saturated rings. The van der Waals surface area contributed by atoms with Gasteiger partial charge in [0.1, 0.15) is 6.17 Å². The van der Waals surface area contributed by atoms with E-state index in [2.05, 4.69) is 5.32 Å². The summed E-state index contributed by atoms with van der Waals surface area (Å²) in [4.78, 5) is 36.8. The Kier molecular flexibility index (Phi) is 8.35. The number of hydrogen-bond donors (Lipinski definition) is 1. The van der Waals surface area contributed by atoms with Gasteiger partial charge in [-0.25, -0.2) is 14.0 Å². The molecule has 9 heteroatoms. The molecule has 1 aliphatic rings. The summed E-state index contributed by atoms with van der Waals surface area (Å²) < 4.78 is 25.2. The fraction of sp³-hybridized carbons (Fsp3) is 0.308. The highest BCUT2D eigenvalue weighted by Crippen LogP contribution is 2.41. The number of allylic oxidation sites excluding steroid dienone is 2. The Morgan fingerprint density at radius 3 is 2.46 bits per heavy atom. The molecule has 0 amide bonds. The number of ether oxygens (including phenoxy) is 2. The van der Waals surface area contributed by atoms with Crippen LogP contribution in [0, 0.1) is 10.1 Å². The van der Waals surface area contributed by atoms with Crippen molar-refractivity contribution in [3.8, 4) is 0 Å². The molecule has 35 heavy (non-hydrogen) atoms. The van der Waals surface area contributed by atoms with Crippen LogP contribution in [0.3, 0.4) is 0 Å². The van der Waals surface area contributed by atoms with Crippen LogP contribution in [0.15, 0.2) is 77.1 Å². The number of rotatable bonds is 9. The minimum atomic E-state index is -1.28. The third-order valence-corrected chi connectivity index (χ3v) is 5.77. The van der Waals surface area contributed by atoms with Crippen molar-refractivity contribution in [1.29, 1.82) is 0 Å². The van der Waals surface area contributed by atoms with E-state index in [0.29, 0.717) is 22.5 Å². The van der Waals surface area contributed by atoms with Crippen LogP contribution in [-0.4, -0.2) is 30.6 Å². The number of benzene rings is 2. The molecule has 2 unspecified atom stereocenters. The Hall–Kier alpha value is -4.01. The third kappa shape index (κ3) is 5.74. The summed E-state index contributed by atoms with van der Waals surface area (Å²) in [6.45, 7) is 3.36. The molecular weight excluding hydrogens is 455 g/mol. The highest BCUT2D eigenvalue weighted by atomic mass is 19.1. The van der Waals surface area contributed by atoms with Crippen molar-refractivity contribution >= 4 is 17.6 Å². The van der Waals surface area contributed by atoms with E-state index in [1.807, 2.05) is 0 Å². The highest BCUT2D eigenvalue weighted by molar-refractivity contribution is 6.00. The number of non-ortho nitro benzene ring substituents is 1. The normalized spacial score (nSPS) is 16.4.